The standard InChI is InChI=1S/C16H10ClF5N4/c17-12-5-14(19)8(6-23)3-10(12)15-24-7-26(25-15)9-1-2-13(18)11(4-9)16(20,21)22/h1-5,7H,6,23H2. The first-order valence-corrected chi connectivity index (χ1v) is 7.55. The van der Waals surface area contributed by atoms with Crippen LogP contribution in [-0.2, 0) is 12.7 Å². The highest BCUT2D eigenvalue weighted by Gasteiger charge is 2.34. The topological polar surface area (TPSA) is 56.7 Å². The largest absolute Gasteiger partial charge is 0.419 e. The smallest absolute Gasteiger partial charge is 0.326 e. The Morgan fingerprint density at radius 1 is 1.08 bits per heavy atom. The van der Waals surface area contributed by atoms with E-state index in [0.717, 1.165) is 23.1 Å². The fraction of sp³-hybridized carbons (Fsp3) is 0.125. The number of hydrogen-bond acceptors (Lipinski definition) is 3. The minimum absolute atomic E-state index is 0.0209. The second kappa shape index (κ2) is 6.65. The Labute approximate surface area is 149 Å². The van der Waals surface area contributed by atoms with Crippen LogP contribution < -0.4 is 5.73 Å². The minimum Gasteiger partial charge on any atom is -0.326 e. The molecule has 10 heteroatoms. The van der Waals surface area contributed by atoms with E-state index in [-0.39, 0.29) is 34.2 Å². The monoisotopic (exact) mass is 388 g/mol. The van der Waals surface area contributed by atoms with E-state index >= 15 is 0 Å². The van der Waals surface area contributed by atoms with Crippen molar-refractivity contribution in [2.24, 2.45) is 5.73 Å². The highest BCUT2D eigenvalue weighted by atomic mass is 35.5. The van der Waals surface area contributed by atoms with Gasteiger partial charge in [0.2, 0.25) is 0 Å². The maximum Gasteiger partial charge on any atom is 0.419 e. The highest BCUT2D eigenvalue weighted by molar-refractivity contribution is 6.33. The van der Waals surface area contributed by atoms with E-state index in [1.807, 2.05) is 0 Å². The van der Waals surface area contributed by atoms with Gasteiger partial charge in [0.15, 0.2) is 5.82 Å². The quantitative estimate of drug-likeness (QED) is 0.679. The molecule has 0 fully saturated rings. The van der Waals surface area contributed by atoms with E-state index < -0.39 is 23.4 Å². The Hall–Kier alpha value is -2.52. The summed E-state index contributed by atoms with van der Waals surface area (Å²) in [5.74, 6) is -1.92. The molecule has 0 atom stereocenters. The lowest BCUT2D eigenvalue weighted by molar-refractivity contribution is -0.140. The molecule has 1 aromatic heterocycles. The van der Waals surface area contributed by atoms with Crippen LogP contribution in [0.25, 0.3) is 17.1 Å². The first kappa shape index (κ1) is 18.3. The van der Waals surface area contributed by atoms with Gasteiger partial charge >= 0.3 is 6.18 Å². The summed E-state index contributed by atoms with van der Waals surface area (Å²) >= 11 is 5.99. The van der Waals surface area contributed by atoms with Crippen LogP contribution in [0, 0.1) is 11.6 Å². The van der Waals surface area contributed by atoms with Crippen LogP contribution >= 0.6 is 11.6 Å². The van der Waals surface area contributed by atoms with Gasteiger partial charge in [-0.05, 0) is 30.3 Å². The predicted octanol–water partition coefficient (Wildman–Crippen LogP) is 4.34. The minimum atomic E-state index is -4.85. The lowest BCUT2D eigenvalue weighted by Crippen LogP contribution is -2.09. The predicted molar refractivity (Wildman–Crippen MR) is 84.6 cm³/mol. The molecule has 1 heterocycles. The van der Waals surface area contributed by atoms with Gasteiger partial charge in [-0.25, -0.2) is 18.4 Å². The van der Waals surface area contributed by atoms with Crippen LogP contribution in [0.2, 0.25) is 5.02 Å². The summed E-state index contributed by atoms with van der Waals surface area (Å²) in [5, 5.41) is 4.06. The van der Waals surface area contributed by atoms with Crippen LogP contribution in [-0.4, -0.2) is 14.8 Å². The third-order valence-corrected chi connectivity index (χ3v) is 3.92. The van der Waals surface area contributed by atoms with Gasteiger partial charge in [-0.2, -0.15) is 13.2 Å². The Morgan fingerprint density at radius 3 is 2.46 bits per heavy atom. The van der Waals surface area contributed by atoms with Crippen molar-refractivity contribution in [2.45, 2.75) is 12.7 Å². The SMILES string of the molecule is NCc1cc(-c2ncn(-c3ccc(F)c(C(F)(F)F)c3)n2)c(Cl)cc1F. The van der Waals surface area contributed by atoms with E-state index in [1.54, 1.807) is 0 Å². The van der Waals surface area contributed by atoms with Crippen molar-refractivity contribution in [1.82, 2.24) is 14.8 Å². The molecular formula is C16H10ClF5N4. The van der Waals surface area contributed by atoms with Crippen LogP contribution in [0.4, 0.5) is 22.0 Å². The number of nitrogens with zero attached hydrogens (tertiary/aromatic N) is 3. The summed E-state index contributed by atoms with van der Waals surface area (Å²) in [6.07, 6.45) is -3.70. The van der Waals surface area contributed by atoms with Crippen LogP contribution in [0.15, 0.2) is 36.7 Å². The molecule has 0 amide bonds. The lowest BCUT2D eigenvalue weighted by Gasteiger charge is -2.09. The van der Waals surface area contributed by atoms with Crippen molar-refractivity contribution in [3.63, 3.8) is 0 Å². The van der Waals surface area contributed by atoms with Gasteiger partial charge in [-0.3, -0.25) is 0 Å². The summed E-state index contributed by atoms with van der Waals surface area (Å²) in [4.78, 5) is 3.97. The third-order valence-electron chi connectivity index (χ3n) is 3.61. The molecule has 0 radical (unpaired) electrons. The van der Waals surface area contributed by atoms with Crippen molar-refractivity contribution in [2.75, 3.05) is 0 Å². The number of nitrogens with two attached hydrogens (primary N) is 1. The molecule has 3 rings (SSSR count). The normalized spacial score (nSPS) is 11.8. The van der Waals surface area contributed by atoms with Gasteiger partial charge in [-0.1, -0.05) is 11.6 Å². The van der Waals surface area contributed by atoms with Crippen LogP contribution in [0.1, 0.15) is 11.1 Å². The summed E-state index contributed by atoms with van der Waals surface area (Å²) in [6.45, 7) is -0.0797. The third kappa shape index (κ3) is 3.40. The molecule has 0 aliphatic rings. The molecular weight excluding hydrogens is 379 g/mol. The molecule has 0 spiro atoms. The summed E-state index contributed by atoms with van der Waals surface area (Å²) in [6, 6.07) is 4.85. The Balaban J connectivity index is 2.04. The van der Waals surface area contributed by atoms with E-state index in [1.165, 1.54) is 6.07 Å². The molecule has 0 saturated carbocycles. The fourth-order valence-corrected chi connectivity index (χ4v) is 2.54. The lowest BCUT2D eigenvalue weighted by atomic mass is 10.1. The molecule has 0 aliphatic heterocycles. The highest BCUT2D eigenvalue weighted by Crippen LogP contribution is 2.33. The molecule has 0 unspecified atom stereocenters. The van der Waals surface area contributed by atoms with Crippen molar-refractivity contribution < 1.29 is 22.0 Å². The van der Waals surface area contributed by atoms with Crippen molar-refractivity contribution >= 4 is 11.6 Å². The molecule has 0 aliphatic carbocycles. The van der Waals surface area contributed by atoms with Gasteiger partial charge < -0.3 is 5.73 Å². The van der Waals surface area contributed by atoms with Gasteiger partial charge in [0.25, 0.3) is 0 Å². The molecule has 2 aromatic carbocycles. The molecule has 136 valence electrons. The summed E-state index contributed by atoms with van der Waals surface area (Å²) < 4.78 is 66.6. The van der Waals surface area contributed by atoms with E-state index in [0.29, 0.717) is 12.1 Å². The first-order chi connectivity index (χ1) is 12.2. The first-order valence-electron chi connectivity index (χ1n) is 7.18. The Bertz CT molecular complexity index is 968. The number of benzene rings is 2. The van der Waals surface area contributed by atoms with Crippen molar-refractivity contribution in [3.8, 4) is 17.1 Å². The Morgan fingerprint density at radius 2 is 1.81 bits per heavy atom. The van der Waals surface area contributed by atoms with Crippen LogP contribution in [0.3, 0.4) is 0 Å². The zero-order valence-corrected chi connectivity index (χ0v) is 13.6. The number of aromatic nitrogens is 3. The number of rotatable bonds is 3. The number of halogens is 6. The molecule has 0 saturated heterocycles. The van der Waals surface area contributed by atoms with E-state index in [2.05, 4.69) is 10.1 Å². The molecule has 0 bridgehead atoms. The van der Waals surface area contributed by atoms with Crippen molar-refractivity contribution in [3.05, 3.63) is 64.4 Å². The number of alkyl halides is 3. The number of hydrogen-bond donors (Lipinski definition) is 1. The summed E-state index contributed by atoms with van der Waals surface area (Å²) in [5.41, 5.74) is 4.43. The van der Waals surface area contributed by atoms with Gasteiger partial charge in [-0.15, -0.1) is 5.10 Å². The summed E-state index contributed by atoms with van der Waals surface area (Å²) in [7, 11) is 0. The molecule has 26 heavy (non-hydrogen) atoms. The zero-order chi connectivity index (χ0) is 19.1. The van der Waals surface area contributed by atoms with Crippen molar-refractivity contribution in [1.29, 1.82) is 0 Å². The maximum absolute atomic E-state index is 13.7. The second-order valence-corrected chi connectivity index (χ2v) is 5.71. The van der Waals surface area contributed by atoms with Gasteiger partial charge in [0, 0.05) is 17.7 Å². The van der Waals surface area contributed by atoms with Gasteiger partial charge in [0.1, 0.15) is 18.0 Å². The van der Waals surface area contributed by atoms with E-state index in [9.17, 15) is 22.0 Å². The second-order valence-electron chi connectivity index (χ2n) is 5.30. The molecule has 4 nitrogen and oxygen atoms in total. The average molecular weight is 389 g/mol. The van der Waals surface area contributed by atoms with Crippen LogP contribution in [0.5, 0.6) is 0 Å². The average Bonchev–Trinajstić information content (AvgIpc) is 3.04. The zero-order valence-electron chi connectivity index (χ0n) is 12.9. The van der Waals surface area contributed by atoms with E-state index in [4.69, 9.17) is 17.3 Å². The maximum atomic E-state index is 13.7. The fourth-order valence-electron chi connectivity index (χ4n) is 2.31. The molecule has 2 N–H and O–H groups in total. The Kier molecular flexibility index (Phi) is 4.68. The molecule has 3 aromatic rings. The van der Waals surface area contributed by atoms with Gasteiger partial charge in [0.05, 0.1) is 16.3 Å².